The summed E-state index contributed by atoms with van der Waals surface area (Å²) in [5, 5.41) is 10.1. The monoisotopic (exact) mass is 220 g/mol. The Balaban J connectivity index is 1.97. The molecule has 3 rings (SSSR count). The molecular formula is C15H24O. The van der Waals surface area contributed by atoms with Gasteiger partial charge in [0.2, 0.25) is 0 Å². The summed E-state index contributed by atoms with van der Waals surface area (Å²) in [5.74, 6) is 2.20. The molecule has 0 radical (unpaired) electrons. The van der Waals surface area contributed by atoms with Crippen LogP contribution in [0.25, 0.3) is 0 Å². The van der Waals surface area contributed by atoms with Crippen molar-refractivity contribution in [3.05, 3.63) is 11.6 Å². The molecule has 0 amide bonds. The lowest BCUT2D eigenvalue weighted by atomic mass is 9.69. The molecule has 0 bridgehead atoms. The Kier molecular flexibility index (Phi) is 1.98. The molecule has 0 aromatic heterocycles. The van der Waals surface area contributed by atoms with Gasteiger partial charge in [0.05, 0.1) is 6.10 Å². The summed E-state index contributed by atoms with van der Waals surface area (Å²) >= 11 is 0. The molecule has 0 spiro atoms. The van der Waals surface area contributed by atoms with E-state index in [2.05, 4.69) is 33.8 Å². The number of aliphatic hydroxyl groups excluding tert-OH is 1. The van der Waals surface area contributed by atoms with Crippen molar-refractivity contribution >= 4 is 0 Å². The maximum Gasteiger partial charge on any atom is 0.0760 e. The summed E-state index contributed by atoms with van der Waals surface area (Å²) in [6.45, 7) is 9.46. The number of allylic oxidation sites excluding steroid dienone is 1. The summed E-state index contributed by atoms with van der Waals surface area (Å²) in [7, 11) is 0. The highest BCUT2D eigenvalue weighted by atomic mass is 16.3. The van der Waals surface area contributed by atoms with Crippen LogP contribution in [0.3, 0.4) is 0 Å². The van der Waals surface area contributed by atoms with E-state index in [0.29, 0.717) is 16.7 Å². The van der Waals surface area contributed by atoms with E-state index in [1.807, 2.05) is 0 Å². The standard InChI is InChI=1S/C15H24O/c1-9-5-13(16)11-6-10-7-14(2,3)8-12(10)15(9,11)4/h5,10-13,16H,6-8H2,1-4H3/t10-,11-,12+,13+,15+/m0/s1. The molecule has 3 aliphatic rings. The van der Waals surface area contributed by atoms with Crippen molar-refractivity contribution in [1.82, 2.24) is 0 Å². The fraction of sp³-hybridized carbons (Fsp3) is 0.867. The number of aliphatic hydroxyl groups is 1. The third-order valence-corrected chi connectivity index (χ3v) is 5.94. The van der Waals surface area contributed by atoms with Crippen LogP contribution >= 0.6 is 0 Å². The largest absolute Gasteiger partial charge is 0.389 e. The van der Waals surface area contributed by atoms with Gasteiger partial charge in [0.25, 0.3) is 0 Å². The number of fused-ring (bicyclic) bond motifs is 3. The quantitative estimate of drug-likeness (QED) is 0.620. The first-order valence-electron chi connectivity index (χ1n) is 6.71. The first-order chi connectivity index (χ1) is 7.34. The van der Waals surface area contributed by atoms with Crippen LogP contribution in [-0.4, -0.2) is 11.2 Å². The molecule has 1 heteroatoms. The zero-order valence-corrected chi connectivity index (χ0v) is 11.0. The summed E-state index contributed by atoms with van der Waals surface area (Å²) in [4.78, 5) is 0. The van der Waals surface area contributed by atoms with Crippen LogP contribution in [0.5, 0.6) is 0 Å². The van der Waals surface area contributed by atoms with Crippen molar-refractivity contribution < 1.29 is 5.11 Å². The highest BCUT2D eigenvalue weighted by Crippen LogP contribution is 2.67. The molecule has 2 fully saturated rings. The van der Waals surface area contributed by atoms with Gasteiger partial charge in [0, 0.05) is 0 Å². The summed E-state index contributed by atoms with van der Waals surface area (Å²) in [6, 6.07) is 0. The molecule has 2 saturated carbocycles. The fourth-order valence-electron chi connectivity index (χ4n) is 5.12. The Morgan fingerprint density at radius 2 is 1.88 bits per heavy atom. The molecule has 90 valence electrons. The van der Waals surface area contributed by atoms with Crippen LogP contribution < -0.4 is 0 Å². The topological polar surface area (TPSA) is 20.2 Å². The Morgan fingerprint density at radius 1 is 1.19 bits per heavy atom. The molecule has 0 saturated heterocycles. The van der Waals surface area contributed by atoms with Crippen molar-refractivity contribution in [2.45, 2.75) is 53.1 Å². The van der Waals surface area contributed by atoms with Crippen LogP contribution in [0.2, 0.25) is 0 Å². The molecule has 0 heterocycles. The van der Waals surface area contributed by atoms with Crippen molar-refractivity contribution in [3.63, 3.8) is 0 Å². The van der Waals surface area contributed by atoms with Gasteiger partial charge in [-0.2, -0.15) is 0 Å². The minimum absolute atomic E-state index is 0.168. The molecule has 16 heavy (non-hydrogen) atoms. The van der Waals surface area contributed by atoms with Crippen molar-refractivity contribution in [3.8, 4) is 0 Å². The lowest BCUT2D eigenvalue weighted by Crippen LogP contribution is -2.31. The maximum atomic E-state index is 10.1. The van der Waals surface area contributed by atoms with Crippen LogP contribution in [0.4, 0.5) is 0 Å². The van der Waals surface area contributed by atoms with Gasteiger partial charge in [-0.15, -0.1) is 0 Å². The van der Waals surface area contributed by atoms with Gasteiger partial charge >= 0.3 is 0 Å². The van der Waals surface area contributed by atoms with Gasteiger partial charge in [-0.1, -0.05) is 32.4 Å². The second kappa shape index (κ2) is 2.93. The van der Waals surface area contributed by atoms with Crippen molar-refractivity contribution in [2.75, 3.05) is 0 Å². The normalized spacial score (nSPS) is 53.7. The minimum Gasteiger partial charge on any atom is -0.389 e. The molecular weight excluding hydrogens is 196 g/mol. The van der Waals surface area contributed by atoms with Gasteiger partial charge < -0.3 is 5.11 Å². The smallest absolute Gasteiger partial charge is 0.0760 e. The van der Waals surface area contributed by atoms with Gasteiger partial charge in [-0.25, -0.2) is 0 Å². The fourth-order valence-corrected chi connectivity index (χ4v) is 5.12. The average Bonchev–Trinajstić information content (AvgIpc) is 2.66. The second-order valence-electron chi connectivity index (χ2n) is 7.40. The third kappa shape index (κ3) is 1.16. The first-order valence-corrected chi connectivity index (χ1v) is 6.71. The van der Waals surface area contributed by atoms with E-state index in [0.717, 1.165) is 11.8 Å². The molecule has 5 atom stereocenters. The molecule has 1 N–H and O–H groups in total. The van der Waals surface area contributed by atoms with Gasteiger partial charge in [-0.05, 0) is 54.8 Å². The van der Waals surface area contributed by atoms with Crippen LogP contribution in [0, 0.1) is 28.6 Å². The highest BCUT2D eigenvalue weighted by Gasteiger charge is 2.61. The summed E-state index contributed by atoms with van der Waals surface area (Å²) < 4.78 is 0. The van der Waals surface area contributed by atoms with E-state index in [1.165, 1.54) is 24.8 Å². The van der Waals surface area contributed by atoms with E-state index < -0.39 is 0 Å². The zero-order valence-electron chi connectivity index (χ0n) is 11.0. The van der Waals surface area contributed by atoms with Crippen LogP contribution in [0.1, 0.15) is 47.0 Å². The van der Waals surface area contributed by atoms with Crippen molar-refractivity contribution in [2.24, 2.45) is 28.6 Å². The lowest BCUT2D eigenvalue weighted by Gasteiger charge is -2.35. The van der Waals surface area contributed by atoms with E-state index >= 15 is 0 Å². The van der Waals surface area contributed by atoms with Crippen molar-refractivity contribution in [1.29, 1.82) is 0 Å². The highest BCUT2D eigenvalue weighted by molar-refractivity contribution is 5.29. The van der Waals surface area contributed by atoms with Crippen LogP contribution in [0.15, 0.2) is 11.6 Å². The predicted octanol–water partition coefficient (Wildman–Crippen LogP) is 3.39. The van der Waals surface area contributed by atoms with Gasteiger partial charge in [0.1, 0.15) is 0 Å². The zero-order chi connectivity index (χ0) is 11.7. The molecule has 0 aromatic carbocycles. The molecule has 1 nitrogen and oxygen atoms in total. The van der Waals surface area contributed by atoms with E-state index in [4.69, 9.17) is 0 Å². The van der Waals surface area contributed by atoms with E-state index in [-0.39, 0.29) is 6.10 Å². The predicted molar refractivity (Wildman–Crippen MR) is 66.0 cm³/mol. The molecule has 0 aromatic rings. The second-order valence-corrected chi connectivity index (χ2v) is 7.40. The average molecular weight is 220 g/mol. The summed E-state index contributed by atoms with van der Waals surface area (Å²) in [6.07, 6.45) is 5.91. The molecule has 0 unspecified atom stereocenters. The lowest BCUT2D eigenvalue weighted by molar-refractivity contribution is 0.0950. The summed E-state index contributed by atoms with van der Waals surface area (Å²) in [5.41, 5.74) is 2.28. The number of hydrogen-bond acceptors (Lipinski definition) is 1. The SMILES string of the molecule is CC1=C[C@@H](O)[C@@H]2C[C@H]3CC(C)(C)C[C@H]3[C@]12C. The Bertz CT molecular complexity index is 354. The Hall–Kier alpha value is -0.300. The molecule has 3 aliphatic carbocycles. The first kappa shape index (κ1) is 10.8. The van der Waals surface area contributed by atoms with Gasteiger partial charge in [0.15, 0.2) is 0 Å². The number of hydrogen-bond donors (Lipinski definition) is 1. The maximum absolute atomic E-state index is 10.1. The molecule has 0 aliphatic heterocycles. The van der Waals surface area contributed by atoms with E-state index in [1.54, 1.807) is 0 Å². The Morgan fingerprint density at radius 3 is 2.56 bits per heavy atom. The minimum atomic E-state index is -0.168. The third-order valence-electron chi connectivity index (χ3n) is 5.94. The van der Waals surface area contributed by atoms with E-state index in [9.17, 15) is 5.11 Å². The number of rotatable bonds is 0. The van der Waals surface area contributed by atoms with Crippen LogP contribution in [-0.2, 0) is 0 Å². The Labute approximate surface area is 98.9 Å². The van der Waals surface area contributed by atoms with Gasteiger partial charge in [-0.3, -0.25) is 0 Å².